The Labute approximate surface area is 260 Å². The lowest BCUT2D eigenvalue weighted by molar-refractivity contribution is -0.114. The summed E-state index contributed by atoms with van der Waals surface area (Å²) in [6.45, 7) is 2.32. The Balaban J connectivity index is 1.43. The van der Waals surface area contributed by atoms with Crippen molar-refractivity contribution >= 4 is 46.9 Å². The third-order valence-corrected chi connectivity index (χ3v) is 7.18. The van der Waals surface area contributed by atoms with Crippen LogP contribution in [0.3, 0.4) is 0 Å². The number of rotatable bonds is 13. The van der Waals surface area contributed by atoms with Gasteiger partial charge in [0.15, 0.2) is 0 Å². The van der Waals surface area contributed by atoms with Crippen molar-refractivity contribution in [2.75, 3.05) is 37.2 Å². The molecule has 10 heteroatoms. The number of benzene rings is 4. The molecule has 0 saturated carbocycles. The Kier molecular flexibility index (Phi) is 11.4. The van der Waals surface area contributed by atoms with Crippen LogP contribution in [0.4, 0.5) is 11.4 Å². The van der Waals surface area contributed by atoms with Crippen molar-refractivity contribution in [1.29, 1.82) is 0 Å². The molecule has 0 radical (unpaired) electrons. The van der Waals surface area contributed by atoms with Crippen LogP contribution in [0.25, 0.3) is 6.08 Å². The summed E-state index contributed by atoms with van der Waals surface area (Å²) in [5.41, 5.74) is 2.20. The first kappa shape index (κ1) is 31.7. The lowest BCUT2D eigenvalue weighted by Crippen LogP contribution is -2.30. The second-order valence-electron chi connectivity index (χ2n) is 9.27. The van der Waals surface area contributed by atoms with Crippen LogP contribution in [0.2, 0.25) is 0 Å². The molecular formula is C34H33N3O6S. The maximum atomic E-state index is 13.4. The Hall–Kier alpha value is -5.22. The zero-order chi connectivity index (χ0) is 31.3. The second kappa shape index (κ2) is 15.9. The van der Waals surface area contributed by atoms with Crippen LogP contribution in [0.15, 0.2) is 108 Å². The fraction of sp³-hybridized carbons (Fsp3) is 0.147. The van der Waals surface area contributed by atoms with Crippen LogP contribution >= 0.6 is 11.8 Å². The van der Waals surface area contributed by atoms with E-state index in [0.717, 1.165) is 4.90 Å². The van der Waals surface area contributed by atoms with Crippen molar-refractivity contribution in [3.8, 4) is 17.2 Å². The summed E-state index contributed by atoms with van der Waals surface area (Å²) in [5, 5.41) is 8.43. The van der Waals surface area contributed by atoms with Crippen molar-refractivity contribution in [3.63, 3.8) is 0 Å². The van der Waals surface area contributed by atoms with Crippen LogP contribution in [0, 0.1) is 0 Å². The van der Waals surface area contributed by atoms with Gasteiger partial charge in [0.25, 0.3) is 11.8 Å². The highest BCUT2D eigenvalue weighted by Gasteiger charge is 2.16. The summed E-state index contributed by atoms with van der Waals surface area (Å²) in [6, 6.07) is 28.1. The number of para-hydroxylation sites is 1. The molecule has 4 rings (SSSR count). The number of carbonyl (C=O) groups is 3. The van der Waals surface area contributed by atoms with Gasteiger partial charge in [-0.25, -0.2) is 0 Å². The molecule has 0 aliphatic carbocycles. The molecule has 0 spiro atoms. The highest BCUT2D eigenvalue weighted by Crippen LogP contribution is 2.27. The lowest BCUT2D eigenvalue weighted by Gasteiger charge is -2.13. The van der Waals surface area contributed by atoms with Crippen LogP contribution in [0.5, 0.6) is 17.2 Å². The van der Waals surface area contributed by atoms with Crippen molar-refractivity contribution in [2.24, 2.45) is 0 Å². The summed E-state index contributed by atoms with van der Waals surface area (Å²) in [5.74, 6) is 0.779. The van der Waals surface area contributed by atoms with E-state index in [4.69, 9.17) is 14.2 Å². The molecule has 0 unspecified atom stereocenters. The number of thioether (sulfide) groups is 1. The number of carbonyl (C=O) groups excluding carboxylic acids is 3. The second-order valence-corrected chi connectivity index (χ2v) is 10.3. The minimum atomic E-state index is -0.505. The first-order valence-corrected chi connectivity index (χ1v) is 14.7. The molecule has 0 saturated heterocycles. The van der Waals surface area contributed by atoms with E-state index < -0.39 is 11.8 Å². The van der Waals surface area contributed by atoms with E-state index in [1.165, 1.54) is 11.8 Å². The molecule has 4 aromatic carbocycles. The first-order valence-electron chi connectivity index (χ1n) is 13.8. The van der Waals surface area contributed by atoms with E-state index in [2.05, 4.69) is 16.0 Å². The van der Waals surface area contributed by atoms with Gasteiger partial charge in [-0.1, -0.05) is 36.4 Å². The summed E-state index contributed by atoms with van der Waals surface area (Å²) in [6.07, 6.45) is 1.59. The molecule has 0 bridgehead atoms. The fourth-order valence-corrected chi connectivity index (χ4v) is 4.74. The Morgan fingerprint density at radius 2 is 1.43 bits per heavy atom. The quantitative estimate of drug-likeness (QED) is 0.121. The van der Waals surface area contributed by atoms with Gasteiger partial charge in [0, 0.05) is 45.6 Å². The van der Waals surface area contributed by atoms with Crippen molar-refractivity contribution < 1.29 is 28.6 Å². The number of nitrogens with one attached hydrogen (secondary N) is 3. The molecule has 0 heterocycles. The maximum absolute atomic E-state index is 13.4. The summed E-state index contributed by atoms with van der Waals surface area (Å²) < 4.78 is 16.2. The van der Waals surface area contributed by atoms with Gasteiger partial charge in [-0.05, 0) is 55.5 Å². The van der Waals surface area contributed by atoms with E-state index in [1.807, 2.05) is 25.1 Å². The van der Waals surface area contributed by atoms with Gasteiger partial charge >= 0.3 is 0 Å². The van der Waals surface area contributed by atoms with E-state index in [9.17, 15) is 14.4 Å². The number of methoxy groups -OCH3 is 2. The lowest BCUT2D eigenvalue weighted by atomic mass is 10.1. The van der Waals surface area contributed by atoms with E-state index in [0.29, 0.717) is 46.4 Å². The van der Waals surface area contributed by atoms with Gasteiger partial charge in [-0.3, -0.25) is 14.4 Å². The number of ether oxygens (including phenoxy) is 3. The third-order valence-electron chi connectivity index (χ3n) is 6.16. The monoisotopic (exact) mass is 611 g/mol. The maximum Gasteiger partial charge on any atom is 0.272 e. The van der Waals surface area contributed by atoms with Crippen LogP contribution < -0.4 is 30.2 Å². The van der Waals surface area contributed by atoms with Gasteiger partial charge in [-0.2, -0.15) is 0 Å². The van der Waals surface area contributed by atoms with Gasteiger partial charge in [-0.15, -0.1) is 11.8 Å². The fourth-order valence-electron chi connectivity index (χ4n) is 4.04. The molecule has 0 atom stereocenters. The summed E-state index contributed by atoms with van der Waals surface area (Å²) in [4.78, 5) is 39.8. The third kappa shape index (κ3) is 9.14. The zero-order valence-electron chi connectivity index (χ0n) is 24.6. The highest BCUT2D eigenvalue weighted by atomic mass is 32.2. The van der Waals surface area contributed by atoms with Gasteiger partial charge in [0.1, 0.15) is 22.9 Å². The smallest absolute Gasteiger partial charge is 0.272 e. The number of hydrogen-bond donors (Lipinski definition) is 3. The predicted molar refractivity (Wildman–Crippen MR) is 173 cm³/mol. The summed E-state index contributed by atoms with van der Waals surface area (Å²) >= 11 is 1.35. The average molecular weight is 612 g/mol. The van der Waals surface area contributed by atoms with Gasteiger partial charge < -0.3 is 30.2 Å². The predicted octanol–water partition coefficient (Wildman–Crippen LogP) is 6.24. The minimum absolute atomic E-state index is 0.0512. The SMILES string of the molecule is CCOc1ccccc1/C=C(\NC(=O)c1ccccc1)C(=O)Nc1ccc(SCC(=O)Nc2cc(OC)cc(OC)c2)cc1. The normalized spacial score (nSPS) is 10.8. The number of hydrogen-bond acceptors (Lipinski definition) is 7. The van der Waals surface area contributed by atoms with E-state index >= 15 is 0 Å². The molecule has 0 fully saturated rings. The number of amides is 3. The zero-order valence-corrected chi connectivity index (χ0v) is 25.4. The van der Waals surface area contributed by atoms with Gasteiger partial charge in [0.05, 0.1) is 26.6 Å². The molecule has 3 N–H and O–H groups in total. The number of anilines is 2. The molecule has 9 nitrogen and oxygen atoms in total. The van der Waals surface area contributed by atoms with Gasteiger partial charge in [0.2, 0.25) is 5.91 Å². The Morgan fingerprint density at radius 3 is 2.09 bits per heavy atom. The topological polar surface area (TPSA) is 115 Å². The first-order chi connectivity index (χ1) is 21.4. The Bertz CT molecular complexity index is 1600. The van der Waals surface area contributed by atoms with Crippen LogP contribution in [0.1, 0.15) is 22.8 Å². The molecule has 0 aliphatic rings. The largest absolute Gasteiger partial charge is 0.497 e. The summed E-state index contributed by atoms with van der Waals surface area (Å²) in [7, 11) is 3.09. The van der Waals surface area contributed by atoms with Crippen molar-refractivity contribution in [1.82, 2.24) is 5.32 Å². The highest BCUT2D eigenvalue weighted by molar-refractivity contribution is 8.00. The minimum Gasteiger partial charge on any atom is -0.497 e. The molecule has 226 valence electrons. The van der Waals surface area contributed by atoms with Crippen LogP contribution in [-0.2, 0) is 9.59 Å². The standard InChI is InChI=1S/C34H33N3O6S/c1-4-43-31-13-9-8-12-24(31)18-30(37-33(39)23-10-6-5-7-11-23)34(40)36-25-14-16-29(17-15-25)44-22-32(38)35-26-19-27(41-2)21-28(20-26)42-3/h5-21H,4,22H2,1-3H3,(H,35,38)(H,36,40)(H,37,39)/b30-18-. The molecule has 44 heavy (non-hydrogen) atoms. The molecule has 0 aliphatic heterocycles. The molecule has 4 aromatic rings. The average Bonchev–Trinajstić information content (AvgIpc) is 3.05. The van der Waals surface area contributed by atoms with Crippen LogP contribution in [-0.4, -0.2) is 44.3 Å². The molecule has 0 aromatic heterocycles. The van der Waals surface area contributed by atoms with E-state index in [-0.39, 0.29) is 17.4 Å². The molecular weight excluding hydrogens is 578 g/mol. The van der Waals surface area contributed by atoms with E-state index in [1.54, 1.807) is 99.2 Å². The molecule has 3 amide bonds. The Morgan fingerprint density at radius 1 is 0.773 bits per heavy atom. The van der Waals surface area contributed by atoms with Crippen molar-refractivity contribution in [3.05, 3.63) is 114 Å². The van der Waals surface area contributed by atoms with Crippen molar-refractivity contribution in [2.45, 2.75) is 11.8 Å².